The van der Waals surface area contributed by atoms with E-state index in [0.29, 0.717) is 0 Å². The third-order valence-electron chi connectivity index (χ3n) is 2.20. The third-order valence-corrected chi connectivity index (χ3v) is 4.28. The minimum Gasteiger partial charge on any atom is -0.384 e. The lowest BCUT2D eigenvalue weighted by Crippen LogP contribution is -2.04. The minimum absolute atomic E-state index is 0.959. The largest absolute Gasteiger partial charge is 0.384 e. The molecule has 2 rings (SSSR count). The fourth-order valence-corrected chi connectivity index (χ4v) is 3.30. The number of hydrogen-bond acceptors (Lipinski definition) is 2. The number of benzene rings is 1. The summed E-state index contributed by atoms with van der Waals surface area (Å²) in [5.74, 6) is 0. The second kappa shape index (κ2) is 5.84. The predicted molar refractivity (Wildman–Crippen MR) is 78.4 cm³/mol. The maximum atomic E-state index is 3.54. The van der Waals surface area contributed by atoms with Crippen molar-refractivity contribution < 1.29 is 0 Å². The van der Waals surface area contributed by atoms with Gasteiger partial charge in [-0.25, -0.2) is 0 Å². The van der Waals surface area contributed by atoms with Gasteiger partial charge in [-0.15, -0.1) is 11.3 Å². The topological polar surface area (TPSA) is 12.0 Å². The molecule has 0 saturated carbocycles. The van der Waals surface area contributed by atoms with Crippen LogP contribution in [0.15, 0.2) is 44.7 Å². The zero-order chi connectivity index (χ0) is 11.4. The van der Waals surface area contributed by atoms with E-state index in [-0.39, 0.29) is 0 Å². The number of rotatable bonds is 4. The van der Waals surface area contributed by atoms with Gasteiger partial charge in [0.25, 0.3) is 0 Å². The van der Waals surface area contributed by atoms with E-state index in [2.05, 4.69) is 60.8 Å². The van der Waals surface area contributed by atoms with Crippen molar-refractivity contribution in [3.63, 3.8) is 0 Å². The molecule has 0 radical (unpaired) electrons. The molecule has 0 aliphatic carbocycles. The zero-order valence-corrected chi connectivity index (χ0v) is 12.5. The molecule has 4 heteroatoms. The van der Waals surface area contributed by atoms with E-state index in [1.807, 2.05) is 12.1 Å². The SMILES string of the molecule is Brc1ccc(NCCc2cccs2)c(Br)c1. The van der Waals surface area contributed by atoms with Gasteiger partial charge in [0, 0.05) is 26.1 Å². The van der Waals surface area contributed by atoms with E-state index in [0.717, 1.165) is 27.6 Å². The lowest BCUT2D eigenvalue weighted by atomic mass is 10.3. The first kappa shape index (κ1) is 12.1. The Labute approximate surface area is 116 Å². The summed E-state index contributed by atoms with van der Waals surface area (Å²) in [7, 11) is 0. The number of anilines is 1. The molecule has 1 aromatic carbocycles. The summed E-state index contributed by atoms with van der Waals surface area (Å²) in [5.41, 5.74) is 1.14. The maximum Gasteiger partial charge on any atom is 0.0485 e. The average molecular weight is 361 g/mol. The van der Waals surface area contributed by atoms with Crippen molar-refractivity contribution in [2.24, 2.45) is 0 Å². The fraction of sp³-hybridized carbons (Fsp3) is 0.167. The lowest BCUT2D eigenvalue weighted by molar-refractivity contribution is 1.04. The highest BCUT2D eigenvalue weighted by atomic mass is 79.9. The monoisotopic (exact) mass is 359 g/mol. The van der Waals surface area contributed by atoms with Gasteiger partial charge in [-0.3, -0.25) is 0 Å². The van der Waals surface area contributed by atoms with Crippen molar-refractivity contribution in [3.8, 4) is 0 Å². The van der Waals surface area contributed by atoms with Crippen LogP contribution < -0.4 is 5.32 Å². The third kappa shape index (κ3) is 3.34. The van der Waals surface area contributed by atoms with Gasteiger partial charge >= 0.3 is 0 Å². The van der Waals surface area contributed by atoms with Crippen molar-refractivity contribution in [2.75, 3.05) is 11.9 Å². The van der Waals surface area contributed by atoms with Crippen LogP contribution in [0.2, 0.25) is 0 Å². The van der Waals surface area contributed by atoms with Crippen LogP contribution in [-0.4, -0.2) is 6.54 Å². The molecule has 0 fully saturated rings. The maximum absolute atomic E-state index is 3.54. The molecule has 0 saturated heterocycles. The highest BCUT2D eigenvalue weighted by Gasteiger charge is 2.00. The molecule has 0 aliphatic rings. The van der Waals surface area contributed by atoms with Gasteiger partial charge in [0.15, 0.2) is 0 Å². The molecule has 0 amide bonds. The molecule has 1 N–H and O–H groups in total. The van der Waals surface area contributed by atoms with Gasteiger partial charge in [0.05, 0.1) is 0 Å². The first-order valence-electron chi connectivity index (χ1n) is 4.97. The minimum atomic E-state index is 0.959. The van der Waals surface area contributed by atoms with E-state index >= 15 is 0 Å². The first-order chi connectivity index (χ1) is 7.75. The summed E-state index contributed by atoms with van der Waals surface area (Å²) in [4.78, 5) is 1.42. The Morgan fingerprint density at radius 2 is 2.06 bits per heavy atom. The van der Waals surface area contributed by atoms with E-state index in [1.54, 1.807) is 11.3 Å². The molecule has 1 nitrogen and oxygen atoms in total. The summed E-state index contributed by atoms with van der Waals surface area (Å²) in [5, 5.41) is 5.53. The van der Waals surface area contributed by atoms with Gasteiger partial charge in [0.1, 0.15) is 0 Å². The lowest BCUT2D eigenvalue weighted by Gasteiger charge is -2.08. The van der Waals surface area contributed by atoms with Gasteiger partial charge in [0.2, 0.25) is 0 Å². The summed E-state index contributed by atoms with van der Waals surface area (Å²) in [6.07, 6.45) is 1.07. The Bertz CT molecular complexity index is 454. The van der Waals surface area contributed by atoms with Crippen LogP contribution in [0.3, 0.4) is 0 Å². The molecule has 1 heterocycles. The number of thiophene rings is 1. The van der Waals surface area contributed by atoms with Gasteiger partial charge in [-0.1, -0.05) is 22.0 Å². The predicted octanol–water partition coefficient (Wildman–Crippen LogP) is 4.93. The summed E-state index contributed by atoms with van der Waals surface area (Å²) in [6.45, 7) is 0.959. The van der Waals surface area contributed by atoms with E-state index in [1.165, 1.54) is 4.88 Å². The van der Waals surface area contributed by atoms with Gasteiger partial charge in [-0.2, -0.15) is 0 Å². The van der Waals surface area contributed by atoms with Gasteiger partial charge < -0.3 is 5.32 Å². The number of halogens is 2. The van der Waals surface area contributed by atoms with Gasteiger partial charge in [-0.05, 0) is 52.0 Å². The molecule has 1 aromatic heterocycles. The van der Waals surface area contributed by atoms with Crippen LogP contribution in [0.25, 0.3) is 0 Å². The van der Waals surface area contributed by atoms with E-state index in [9.17, 15) is 0 Å². The van der Waals surface area contributed by atoms with Crippen molar-refractivity contribution >= 4 is 48.9 Å². The van der Waals surface area contributed by atoms with E-state index in [4.69, 9.17) is 0 Å². The van der Waals surface area contributed by atoms with Crippen molar-refractivity contribution in [1.82, 2.24) is 0 Å². The van der Waals surface area contributed by atoms with Crippen molar-refractivity contribution in [2.45, 2.75) is 6.42 Å². The highest BCUT2D eigenvalue weighted by Crippen LogP contribution is 2.26. The fourth-order valence-electron chi connectivity index (χ4n) is 1.41. The number of hydrogen-bond donors (Lipinski definition) is 1. The molecule has 16 heavy (non-hydrogen) atoms. The number of nitrogens with one attached hydrogen (secondary N) is 1. The Morgan fingerprint density at radius 3 is 2.75 bits per heavy atom. The highest BCUT2D eigenvalue weighted by molar-refractivity contribution is 9.11. The Kier molecular flexibility index (Phi) is 4.44. The Morgan fingerprint density at radius 1 is 1.19 bits per heavy atom. The molecular formula is C12H11Br2NS. The molecule has 0 atom stereocenters. The van der Waals surface area contributed by atoms with Crippen LogP contribution >= 0.6 is 43.2 Å². The normalized spacial score (nSPS) is 10.4. The molecule has 0 aliphatic heterocycles. The average Bonchev–Trinajstić information content (AvgIpc) is 2.74. The Hall–Kier alpha value is -0.320. The standard InChI is InChI=1S/C12H11Br2NS/c13-9-3-4-12(11(14)8-9)15-6-5-10-2-1-7-16-10/h1-4,7-8,15H,5-6H2. The van der Waals surface area contributed by atoms with Crippen molar-refractivity contribution in [1.29, 1.82) is 0 Å². The molecule has 0 spiro atoms. The zero-order valence-electron chi connectivity index (χ0n) is 8.54. The molecule has 2 aromatic rings. The van der Waals surface area contributed by atoms with Crippen LogP contribution in [-0.2, 0) is 6.42 Å². The van der Waals surface area contributed by atoms with Crippen molar-refractivity contribution in [3.05, 3.63) is 49.5 Å². The second-order valence-corrected chi connectivity index (χ2v) is 6.18. The quantitative estimate of drug-likeness (QED) is 0.815. The molecular weight excluding hydrogens is 350 g/mol. The summed E-state index contributed by atoms with van der Waals surface area (Å²) >= 11 is 8.78. The van der Waals surface area contributed by atoms with Crippen LogP contribution in [0.4, 0.5) is 5.69 Å². The van der Waals surface area contributed by atoms with Crippen LogP contribution in [0.5, 0.6) is 0 Å². The second-order valence-electron chi connectivity index (χ2n) is 3.38. The molecule has 0 unspecified atom stereocenters. The first-order valence-corrected chi connectivity index (χ1v) is 7.43. The Balaban J connectivity index is 1.90. The molecule has 0 bridgehead atoms. The smallest absolute Gasteiger partial charge is 0.0485 e. The molecule has 84 valence electrons. The summed E-state index contributed by atoms with van der Waals surface area (Å²) in [6, 6.07) is 10.4. The van der Waals surface area contributed by atoms with E-state index < -0.39 is 0 Å². The van der Waals surface area contributed by atoms with Crippen LogP contribution in [0.1, 0.15) is 4.88 Å². The van der Waals surface area contributed by atoms with Crippen LogP contribution in [0, 0.1) is 0 Å². The summed E-state index contributed by atoms with van der Waals surface area (Å²) < 4.78 is 2.18.